The van der Waals surface area contributed by atoms with Crippen molar-refractivity contribution in [1.29, 1.82) is 0 Å². The van der Waals surface area contributed by atoms with Crippen molar-refractivity contribution in [3.8, 4) is 0 Å². The predicted molar refractivity (Wildman–Crippen MR) is 103 cm³/mol. The fourth-order valence-corrected chi connectivity index (χ4v) is 2.64. The van der Waals surface area contributed by atoms with E-state index < -0.39 is 0 Å². The van der Waals surface area contributed by atoms with Crippen LogP contribution in [0.1, 0.15) is 61.9 Å². The molecule has 0 heterocycles. The number of para-hydroxylation sites is 1. The fourth-order valence-electron chi connectivity index (χ4n) is 2.64. The molecule has 2 aromatic carbocycles. The Bertz CT molecular complexity index is 740. The van der Waals surface area contributed by atoms with Gasteiger partial charge in [0.1, 0.15) is 0 Å². The van der Waals surface area contributed by atoms with Gasteiger partial charge in [-0.15, -0.1) is 0 Å². The summed E-state index contributed by atoms with van der Waals surface area (Å²) in [5.74, 6) is 0.153. The molecule has 0 aliphatic heterocycles. The molecular formula is C21H26N2O2. The third-order valence-corrected chi connectivity index (χ3v) is 4.24. The van der Waals surface area contributed by atoms with Gasteiger partial charge in [0.15, 0.2) is 0 Å². The number of carbonyl (C=O) groups is 2. The Labute approximate surface area is 149 Å². The fraction of sp³-hybridized carbons (Fsp3) is 0.333. The Balaban J connectivity index is 2.15. The molecule has 0 aliphatic carbocycles. The highest BCUT2D eigenvalue weighted by atomic mass is 16.2. The summed E-state index contributed by atoms with van der Waals surface area (Å²) in [5, 5.41) is 5.82. The third kappa shape index (κ3) is 5.18. The molecule has 0 saturated heterocycles. The molecular weight excluding hydrogens is 312 g/mol. The Morgan fingerprint density at radius 3 is 2.48 bits per heavy atom. The molecule has 4 heteroatoms. The van der Waals surface area contributed by atoms with Crippen molar-refractivity contribution in [3.05, 3.63) is 59.7 Å². The van der Waals surface area contributed by atoms with Gasteiger partial charge in [-0.1, -0.05) is 45.0 Å². The lowest BCUT2D eigenvalue weighted by Crippen LogP contribution is -2.15. The minimum atomic E-state index is -0.178. The van der Waals surface area contributed by atoms with Crippen molar-refractivity contribution < 1.29 is 9.59 Å². The van der Waals surface area contributed by atoms with Gasteiger partial charge in [0.25, 0.3) is 5.91 Å². The summed E-state index contributed by atoms with van der Waals surface area (Å²) in [6, 6.07) is 14.9. The van der Waals surface area contributed by atoms with E-state index >= 15 is 0 Å². The number of nitrogens with one attached hydrogen (secondary N) is 2. The Kier molecular flexibility index (Phi) is 6.75. The molecule has 1 atom stereocenters. The Morgan fingerprint density at radius 2 is 1.76 bits per heavy atom. The van der Waals surface area contributed by atoms with E-state index in [1.807, 2.05) is 31.2 Å². The van der Waals surface area contributed by atoms with Crippen molar-refractivity contribution >= 4 is 23.2 Å². The van der Waals surface area contributed by atoms with E-state index in [1.54, 1.807) is 24.3 Å². The molecule has 0 aromatic heterocycles. The van der Waals surface area contributed by atoms with Crippen molar-refractivity contribution in [3.63, 3.8) is 0 Å². The van der Waals surface area contributed by atoms with Gasteiger partial charge in [0.05, 0.1) is 0 Å². The largest absolute Gasteiger partial charge is 0.326 e. The summed E-state index contributed by atoms with van der Waals surface area (Å²) < 4.78 is 0. The number of benzene rings is 2. The van der Waals surface area contributed by atoms with Crippen LogP contribution in [0, 0.1) is 0 Å². The van der Waals surface area contributed by atoms with E-state index in [2.05, 4.69) is 24.5 Å². The van der Waals surface area contributed by atoms with Crippen LogP contribution in [0.15, 0.2) is 48.5 Å². The number of rotatable bonds is 7. The number of hydrogen-bond acceptors (Lipinski definition) is 2. The van der Waals surface area contributed by atoms with Crippen LogP contribution in [0.4, 0.5) is 11.4 Å². The van der Waals surface area contributed by atoms with Crippen LogP contribution in [0.25, 0.3) is 0 Å². The second-order valence-electron chi connectivity index (χ2n) is 6.23. The third-order valence-electron chi connectivity index (χ3n) is 4.24. The Morgan fingerprint density at radius 1 is 1.00 bits per heavy atom. The lowest BCUT2D eigenvalue weighted by Gasteiger charge is -2.16. The smallest absolute Gasteiger partial charge is 0.255 e. The maximum atomic E-state index is 12.6. The molecule has 4 nitrogen and oxygen atoms in total. The molecule has 0 fully saturated rings. The average molecular weight is 338 g/mol. The molecule has 25 heavy (non-hydrogen) atoms. The second-order valence-corrected chi connectivity index (χ2v) is 6.23. The molecule has 2 N–H and O–H groups in total. The summed E-state index contributed by atoms with van der Waals surface area (Å²) in [6.07, 6.45) is 2.27. The number of anilines is 2. The van der Waals surface area contributed by atoms with Crippen LogP contribution in [-0.2, 0) is 4.79 Å². The van der Waals surface area contributed by atoms with Crippen molar-refractivity contribution in [2.45, 2.75) is 46.0 Å². The summed E-state index contributed by atoms with van der Waals surface area (Å²) in [7, 11) is 0. The van der Waals surface area contributed by atoms with Gasteiger partial charge in [-0.3, -0.25) is 9.59 Å². The number of amides is 2. The first-order valence-corrected chi connectivity index (χ1v) is 8.85. The monoisotopic (exact) mass is 338 g/mol. The topological polar surface area (TPSA) is 58.2 Å². The van der Waals surface area contributed by atoms with E-state index in [0.29, 0.717) is 23.6 Å². The van der Waals surface area contributed by atoms with Gasteiger partial charge in [0, 0.05) is 23.4 Å². The molecule has 0 saturated carbocycles. The van der Waals surface area contributed by atoms with E-state index in [-0.39, 0.29) is 11.8 Å². The zero-order valence-corrected chi connectivity index (χ0v) is 15.1. The van der Waals surface area contributed by atoms with Gasteiger partial charge < -0.3 is 10.6 Å². The van der Waals surface area contributed by atoms with Crippen LogP contribution >= 0.6 is 0 Å². The van der Waals surface area contributed by atoms with Crippen LogP contribution < -0.4 is 10.6 Å². The lowest BCUT2D eigenvalue weighted by molar-refractivity contribution is -0.116. The number of hydrogen-bond donors (Lipinski definition) is 2. The molecule has 2 aromatic rings. The minimum absolute atomic E-state index is 0.0397. The first-order chi connectivity index (χ1) is 12.0. The van der Waals surface area contributed by atoms with Gasteiger partial charge in [-0.2, -0.15) is 0 Å². The first-order valence-electron chi connectivity index (χ1n) is 8.85. The molecule has 132 valence electrons. The normalized spacial score (nSPS) is 11.6. The molecule has 0 aliphatic rings. The van der Waals surface area contributed by atoms with Crippen molar-refractivity contribution in [2.24, 2.45) is 0 Å². The zero-order valence-electron chi connectivity index (χ0n) is 15.1. The standard InChI is InChI=1S/C21H26N2O2/c1-4-9-20(24)22-17-11-8-10-16(14-17)21(25)23-19-13-7-6-12-18(19)15(3)5-2/h6-8,10-15H,4-5,9H2,1-3H3,(H,22,24)(H,23,25)/t15-/m0/s1. The molecule has 0 unspecified atom stereocenters. The second kappa shape index (κ2) is 9.02. The molecule has 0 bridgehead atoms. The van der Waals surface area contributed by atoms with E-state index in [0.717, 1.165) is 24.1 Å². The summed E-state index contributed by atoms with van der Waals surface area (Å²) in [4.78, 5) is 24.3. The molecule has 0 radical (unpaired) electrons. The van der Waals surface area contributed by atoms with Crippen LogP contribution in [0.5, 0.6) is 0 Å². The highest BCUT2D eigenvalue weighted by Gasteiger charge is 2.13. The summed E-state index contributed by atoms with van der Waals surface area (Å²) in [5.41, 5.74) is 3.13. The predicted octanol–water partition coefficient (Wildman–Crippen LogP) is 5.19. The van der Waals surface area contributed by atoms with Crippen LogP contribution in [0.3, 0.4) is 0 Å². The van der Waals surface area contributed by atoms with Gasteiger partial charge >= 0.3 is 0 Å². The van der Waals surface area contributed by atoms with E-state index in [4.69, 9.17) is 0 Å². The summed E-state index contributed by atoms with van der Waals surface area (Å²) >= 11 is 0. The first kappa shape index (κ1) is 18.7. The Hall–Kier alpha value is -2.62. The zero-order chi connectivity index (χ0) is 18.2. The highest BCUT2D eigenvalue weighted by Crippen LogP contribution is 2.27. The van der Waals surface area contributed by atoms with Crippen molar-refractivity contribution in [2.75, 3.05) is 10.6 Å². The molecule has 2 amide bonds. The maximum absolute atomic E-state index is 12.6. The van der Waals surface area contributed by atoms with Gasteiger partial charge in [0.2, 0.25) is 5.91 Å². The lowest BCUT2D eigenvalue weighted by atomic mass is 9.97. The van der Waals surface area contributed by atoms with Gasteiger partial charge in [-0.25, -0.2) is 0 Å². The van der Waals surface area contributed by atoms with Gasteiger partial charge in [-0.05, 0) is 48.6 Å². The molecule has 2 rings (SSSR count). The molecule has 0 spiro atoms. The number of carbonyl (C=O) groups excluding carboxylic acids is 2. The van der Waals surface area contributed by atoms with E-state index in [9.17, 15) is 9.59 Å². The quantitative estimate of drug-likeness (QED) is 0.730. The summed E-state index contributed by atoms with van der Waals surface area (Å²) in [6.45, 7) is 6.23. The van der Waals surface area contributed by atoms with Crippen molar-refractivity contribution in [1.82, 2.24) is 0 Å². The maximum Gasteiger partial charge on any atom is 0.255 e. The average Bonchev–Trinajstić information content (AvgIpc) is 2.62. The minimum Gasteiger partial charge on any atom is -0.326 e. The highest BCUT2D eigenvalue weighted by molar-refractivity contribution is 6.05. The van der Waals surface area contributed by atoms with E-state index in [1.165, 1.54) is 0 Å². The SMILES string of the molecule is CCCC(=O)Nc1cccc(C(=O)Nc2ccccc2[C@@H](C)CC)c1. The van der Waals surface area contributed by atoms with Crippen LogP contribution in [-0.4, -0.2) is 11.8 Å². The van der Waals surface area contributed by atoms with Crippen LogP contribution in [0.2, 0.25) is 0 Å².